The SMILES string of the molecule is CNc1nc(C)cc(N(C)C(C)Cc2cccs2)n1. The van der Waals surface area contributed by atoms with Crippen molar-refractivity contribution in [3.05, 3.63) is 34.2 Å². The summed E-state index contributed by atoms with van der Waals surface area (Å²) in [4.78, 5) is 12.4. The summed E-state index contributed by atoms with van der Waals surface area (Å²) in [6, 6.07) is 6.70. The van der Waals surface area contributed by atoms with Gasteiger partial charge in [0.05, 0.1) is 0 Å². The van der Waals surface area contributed by atoms with Crippen LogP contribution in [-0.4, -0.2) is 30.1 Å². The number of hydrogen-bond donors (Lipinski definition) is 1. The summed E-state index contributed by atoms with van der Waals surface area (Å²) in [6.07, 6.45) is 1.03. The summed E-state index contributed by atoms with van der Waals surface area (Å²) in [5, 5.41) is 5.12. The average molecular weight is 276 g/mol. The molecule has 2 rings (SSSR count). The number of nitrogens with zero attached hydrogens (tertiary/aromatic N) is 3. The van der Waals surface area contributed by atoms with Gasteiger partial charge in [-0.3, -0.25) is 0 Å². The monoisotopic (exact) mass is 276 g/mol. The second-order valence-electron chi connectivity index (χ2n) is 4.68. The van der Waals surface area contributed by atoms with Crippen LogP contribution in [-0.2, 0) is 6.42 Å². The Morgan fingerprint density at radius 3 is 2.84 bits per heavy atom. The van der Waals surface area contributed by atoms with Crippen molar-refractivity contribution in [1.82, 2.24) is 9.97 Å². The van der Waals surface area contributed by atoms with E-state index in [1.165, 1.54) is 4.88 Å². The molecule has 0 fully saturated rings. The predicted molar refractivity (Wildman–Crippen MR) is 82.2 cm³/mol. The summed E-state index contributed by atoms with van der Waals surface area (Å²) >= 11 is 1.80. The van der Waals surface area contributed by atoms with Crippen molar-refractivity contribution < 1.29 is 0 Å². The van der Waals surface area contributed by atoms with Crippen LogP contribution in [0.4, 0.5) is 11.8 Å². The molecule has 0 bridgehead atoms. The van der Waals surface area contributed by atoms with Gasteiger partial charge in [-0.15, -0.1) is 11.3 Å². The summed E-state index contributed by atoms with van der Waals surface area (Å²) in [5.41, 5.74) is 0.976. The summed E-state index contributed by atoms with van der Waals surface area (Å²) < 4.78 is 0. The van der Waals surface area contributed by atoms with E-state index in [9.17, 15) is 0 Å². The van der Waals surface area contributed by atoms with Crippen LogP contribution in [0.3, 0.4) is 0 Å². The Hall–Kier alpha value is -1.62. The standard InChI is InChI=1S/C14H20N4S/c1-10-8-13(17-14(15-3)16-10)18(4)11(2)9-12-6-5-7-19-12/h5-8,11H,9H2,1-4H3,(H,15,16,17). The van der Waals surface area contributed by atoms with Crippen LogP contribution in [0.2, 0.25) is 0 Å². The van der Waals surface area contributed by atoms with E-state index in [-0.39, 0.29) is 0 Å². The van der Waals surface area contributed by atoms with E-state index in [4.69, 9.17) is 0 Å². The van der Waals surface area contributed by atoms with Gasteiger partial charge in [-0.25, -0.2) is 4.98 Å². The summed E-state index contributed by atoms with van der Waals surface area (Å²) in [5.74, 6) is 1.63. The molecule has 1 N–H and O–H groups in total. The Morgan fingerprint density at radius 1 is 1.42 bits per heavy atom. The lowest BCUT2D eigenvalue weighted by Gasteiger charge is -2.26. The van der Waals surface area contributed by atoms with E-state index in [1.807, 2.05) is 20.0 Å². The minimum atomic E-state index is 0.401. The number of nitrogens with one attached hydrogen (secondary N) is 1. The number of rotatable bonds is 5. The fourth-order valence-corrected chi connectivity index (χ4v) is 2.75. The third-order valence-corrected chi connectivity index (χ3v) is 4.06. The maximum atomic E-state index is 4.51. The molecule has 0 aromatic carbocycles. The van der Waals surface area contributed by atoms with Gasteiger partial charge in [-0.05, 0) is 25.3 Å². The quantitative estimate of drug-likeness (QED) is 0.911. The lowest BCUT2D eigenvalue weighted by Crippen LogP contribution is -2.31. The zero-order chi connectivity index (χ0) is 13.8. The van der Waals surface area contributed by atoms with Crippen LogP contribution in [0.5, 0.6) is 0 Å². The minimum absolute atomic E-state index is 0.401. The van der Waals surface area contributed by atoms with Crippen molar-refractivity contribution >= 4 is 23.1 Å². The molecule has 5 heteroatoms. The van der Waals surface area contributed by atoms with Gasteiger partial charge >= 0.3 is 0 Å². The molecule has 0 aliphatic rings. The molecule has 2 aromatic heterocycles. The molecular formula is C14H20N4S. The van der Waals surface area contributed by atoms with E-state index >= 15 is 0 Å². The third kappa shape index (κ3) is 3.44. The molecule has 0 saturated carbocycles. The normalized spacial score (nSPS) is 12.2. The lowest BCUT2D eigenvalue weighted by atomic mass is 10.2. The molecule has 0 saturated heterocycles. The fraction of sp³-hybridized carbons (Fsp3) is 0.429. The maximum absolute atomic E-state index is 4.51. The van der Waals surface area contributed by atoms with Gasteiger partial charge in [0, 0.05) is 43.2 Å². The van der Waals surface area contributed by atoms with E-state index in [0.717, 1.165) is 17.9 Å². The molecular weight excluding hydrogens is 256 g/mol. The highest BCUT2D eigenvalue weighted by Crippen LogP contribution is 2.19. The Morgan fingerprint density at radius 2 is 2.21 bits per heavy atom. The largest absolute Gasteiger partial charge is 0.357 e. The fourth-order valence-electron chi connectivity index (χ4n) is 1.93. The summed E-state index contributed by atoms with van der Waals surface area (Å²) in [6.45, 7) is 4.21. The van der Waals surface area contributed by atoms with Crippen LogP contribution in [0.25, 0.3) is 0 Å². The molecule has 1 atom stereocenters. The number of hydrogen-bond acceptors (Lipinski definition) is 5. The first-order valence-corrected chi connectivity index (χ1v) is 7.26. The van der Waals surface area contributed by atoms with Crippen LogP contribution in [0.15, 0.2) is 23.6 Å². The highest BCUT2D eigenvalue weighted by atomic mass is 32.1. The van der Waals surface area contributed by atoms with Crippen molar-refractivity contribution in [2.24, 2.45) is 0 Å². The Balaban J connectivity index is 2.14. The number of anilines is 2. The molecule has 1 unspecified atom stereocenters. The van der Waals surface area contributed by atoms with Gasteiger partial charge in [0.15, 0.2) is 0 Å². The molecule has 0 radical (unpaired) electrons. The maximum Gasteiger partial charge on any atom is 0.224 e. The first-order valence-electron chi connectivity index (χ1n) is 6.39. The molecule has 0 amide bonds. The van der Waals surface area contributed by atoms with Gasteiger partial charge in [-0.1, -0.05) is 6.07 Å². The van der Waals surface area contributed by atoms with Crippen molar-refractivity contribution in [3.8, 4) is 0 Å². The summed E-state index contributed by atoms with van der Waals surface area (Å²) in [7, 11) is 3.92. The zero-order valence-corrected chi connectivity index (χ0v) is 12.7. The molecule has 19 heavy (non-hydrogen) atoms. The molecule has 102 valence electrons. The predicted octanol–water partition coefficient (Wildman–Crippen LogP) is 2.96. The molecule has 0 aliphatic heterocycles. The van der Waals surface area contributed by atoms with E-state index in [1.54, 1.807) is 11.3 Å². The Kier molecular flexibility index (Phi) is 4.37. The first kappa shape index (κ1) is 13.8. The minimum Gasteiger partial charge on any atom is -0.357 e. The van der Waals surface area contributed by atoms with Gasteiger partial charge in [0.25, 0.3) is 0 Å². The van der Waals surface area contributed by atoms with E-state index in [0.29, 0.717) is 12.0 Å². The smallest absolute Gasteiger partial charge is 0.224 e. The van der Waals surface area contributed by atoms with E-state index < -0.39 is 0 Å². The lowest BCUT2D eigenvalue weighted by molar-refractivity contribution is 0.679. The van der Waals surface area contributed by atoms with E-state index in [2.05, 4.69) is 51.7 Å². The van der Waals surface area contributed by atoms with Crippen molar-refractivity contribution in [3.63, 3.8) is 0 Å². The van der Waals surface area contributed by atoms with Gasteiger partial charge in [0.1, 0.15) is 5.82 Å². The van der Waals surface area contributed by atoms with Gasteiger partial charge in [-0.2, -0.15) is 4.98 Å². The molecule has 2 heterocycles. The molecule has 0 aliphatic carbocycles. The first-order chi connectivity index (χ1) is 9.10. The van der Waals surface area contributed by atoms with Crippen LogP contribution in [0.1, 0.15) is 17.5 Å². The zero-order valence-electron chi connectivity index (χ0n) is 11.8. The Labute approximate surface area is 118 Å². The van der Waals surface area contributed by atoms with Gasteiger partial charge in [0.2, 0.25) is 5.95 Å². The third-order valence-electron chi connectivity index (χ3n) is 3.16. The average Bonchev–Trinajstić information content (AvgIpc) is 2.89. The van der Waals surface area contributed by atoms with Crippen LogP contribution < -0.4 is 10.2 Å². The van der Waals surface area contributed by atoms with Crippen molar-refractivity contribution in [2.75, 3.05) is 24.3 Å². The molecule has 2 aromatic rings. The Bertz CT molecular complexity index is 524. The number of aromatic nitrogens is 2. The highest BCUT2D eigenvalue weighted by molar-refractivity contribution is 7.09. The highest BCUT2D eigenvalue weighted by Gasteiger charge is 2.14. The van der Waals surface area contributed by atoms with Crippen LogP contribution in [0, 0.1) is 6.92 Å². The number of aryl methyl sites for hydroxylation is 1. The molecule has 0 spiro atoms. The number of thiophene rings is 1. The number of likely N-dealkylation sites (N-methyl/N-ethyl adjacent to an activating group) is 1. The van der Waals surface area contributed by atoms with Crippen molar-refractivity contribution in [1.29, 1.82) is 0 Å². The second-order valence-corrected chi connectivity index (χ2v) is 5.72. The second kappa shape index (κ2) is 6.02. The molecule has 4 nitrogen and oxygen atoms in total. The van der Waals surface area contributed by atoms with Gasteiger partial charge < -0.3 is 10.2 Å². The van der Waals surface area contributed by atoms with Crippen LogP contribution >= 0.6 is 11.3 Å². The van der Waals surface area contributed by atoms with Crippen molar-refractivity contribution in [2.45, 2.75) is 26.3 Å². The topological polar surface area (TPSA) is 41.1 Å².